The highest BCUT2D eigenvalue weighted by Crippen LogP contribution is 2.19. The second-order valence-corrected chi connectivity index (χ2v) is 6.66. The molecule has 4 N–H and O–H groups in total. The summed E-state index contributed by atoms with van der Waals surface area (Å²) in [4.78, 5) is 19.2. The zero-order chi connectivity index (χ0) is 20.6. The molecule has 0 fully saturated rings. The monoisotopic (exact) mass is 523 g/mol. The zero-order valence-electron chi connectivity index (χ0n) is 17.1. The van der Waals surface area contributed by atoms with E-state index in [0.29, 0.717) is 31.2 Å². The van der Waals surface area contributed by atoms with Crippen LogP contribution in [0.5, 0.6) is 0 Å². The maximum Gasteiger partial charge on any atom is 0.251 e. The lowest BCUT2D eigenvalue weighted by Gasteiger charge is -2.12. The molecule has 0 aliphatic carbocycles. The van der Waals surface area contributed by atoms with Crippen molar-refractivity contribution in [2.75, 3.05) is 20.1 Å². The predicted octanol–water partition coefficient (Wildman–Crippen LogP) is 3.58. The molecular formula is C22H27FIN5O. The summed E-state index contributed by atoms with van der Waals surface area (Å²) >= 11 is 0. The number of carbonyl (C=O) groups excluding carboxylic acids is 1. The second kappa shape index (κ2) is 11.5. The van der Waals surface area contributed by atoms with Crippen LogP contribution in [0.3, 0.4) is 0 Å². The third kappa shape index (κ3) is 6.19. The van der Waals surface area contributed by atoms with Gasteiger partial charge in [0.2, 0.25) is 0 Å². The second-order valence-electron chi connectivity index (χ2n) is 6.66. The Morgan fingerprint density at radius 1 is 1.10 bits per heavy atom. The lowest BCUT2D eigenvalue weighted by molar-refractivity contribution is 0.0956. The van der Waals surface area contributed by atoms with Crippen molar-refractivity contribution in [3.05, 3.63) is 71.2 Å². The molecule has 8 heteroatoms. The fourth-order valence-electron chi connectivity index (χ4n) is 3.12. The van der Waals surface area contributed by atoms with Crippen LogP contribution in [-0.4, -0.2) is 37.0 Å². The van der Waals surface area contributed by atoms with E-state index in [1.165, 1.54) is 12.1 Å². The Balaban J connectivity index is 0.00000320. The van der Waals surface area contributed by atoms with Gasteiger partial charge in [0.1, 0.15) is 5.82 Å². The first-order valence-electron chi connectivity index (χ1n) is 9.68. The van der Waals surface area contributed by atoms with E-state index in [0.717, 1.165) is 28.5 Å². The molecule has 0 saturated carbocycles. The van der Waals surface area contributed by atoms with E-state index in [9.17, 15) is 9.18 Å². The van der Waals surface area contributed by atoms with Crippen molar-refractivity contribution in [2.45, 2.75) is 19.9 Å². The molecular weight excluding hydrogens is 496 g/mol. The highest BCUT2D eigenvalue weighted by Gasteiger charge is 2.06. The summed E-state index contributed by atoms with van der Waals surface area (Å²) in [5.41, 5.74) is 3.64. The quantitative estimate of drug-likeness (QED) is 0.217. The number of nitrogens with zero attached hydrogens (tertiary/aromatic N) is 1. The van der Waals surface area contributed by atoms with Gasteiger partial charge in [-0.05, 0) is 54.8 Å². The number of hydrogen-bond acceptors (Lipinski definition) is 2. The fraction of sp³-hybridized carbons (Fsp3) is 0.273. The van der Waals surface area contributed by atoms with E-state index in [4.69, 9.17) is 0 Å². The Kier molecular flexibility index (Phi) is 9.10. The molecule has 0 bridgehead atoms. The van der Waals surface area contributed by atoms with Gasteiger partial charge in [-0.25, -0.2) is 4.39 Å². The summed E-state index contributed by atoms with van der Waals surface area (Å²) < 4.78 is 13.3. The van der Waals surface area contributed by atoms with Crippen molar-refractivity contribution in [1.29, 1.82) is 0 Å². The summed E-state index contributed by atoms with van der Waals surface area (Å²) in [6.45, 7) is 3.80. The smallest absolute Gasteiger partial charge is 0.251 e. The highest BCUT2D eigenvalue weighted by atomic mass is 127. The number of aromatic nitrogens is 1. The fourth-order valence-corrected chi connectivity index (χ4v) is 3.12. The number of amides is 1. The van der Waals surface area contributed by atoms with Gasteiger partial charge in [-0.15, -0.1) is 24.0 Å². The van der Waals surface area contributed by atoms with Crippen LogP contribution in [0.2, 0.25) is 0 Å². The highest BCUT2D eigenvalue weighted by molar-refractivity contribution is 14.0. The number of H-pyrrole nitrogens is 1. The maximum atomic E-state index is 13.3. The minimum atomic E-state index is -0.243. The van der Waals surface area contributed by atoms with Crippen molar-refractivity contribution in [3.63, 3.8) is 0 Å². The number of hydrogen-bond donors (Lipinski definition) is 4. The normalized spacial score (nSPS) is 11.1. The maximum absolute atomic E-state index is 13.3. The van der Waals surface area contributed by atoms with Crippen LogP contribution < -0.4 is 16.0 Å². The van der Waals surface area contributed by atoms with Crippen LogP contribution in [0.15, 0.2) is 53.7 Å². The van der Waals surface area contributed by atoms with Crippen LogP contribution in [0, 0.1) is 5.82 Å². The van der Waals surface area contributed by atoms with Gasteiger partial charge in [0.25, 0.3) is 5.91 Å². The molecule has 0 unspecified atom stereocenters. The first-order chi connectivity index (χ1) is 14.1. The number of carbonyl (C=O) groups is 1. The first-order valence-corrected chi connectivity index (χ1v) is 9.68. The van der Waals surface area contributed by atoms with Crippen molar-refractivity contribution < 1.29 is 9.18 Å². The van der Waals surface area contributed by atoms with Crippen molar-refractivity contribution in [3.8, 4) is 0 Å². The molecule has 0 spiro atoms. The Bertz CT molecular complexity index is 1000. The number of aromatic amines is 1. The Hall–Kier alpha value is -2.62. The summed E-state index contributed by atoms with van der Waals surface area (Å²) in [6.07, 6.45) is 2.70. The summed E-state index contributed by atoms with van der Waals surface area (Å²) in [7, 11) is 1.72. The van der Waals surface area contributed by atoms with E-state index in [1.807, 2.05) is 37.4 Å². The van der Waals surface area contributed by atoms with Crippen LogP contribution in [-0.2, 0) is 13.0 Å². The molecule has 3 rings (SSSR count). The average Bonchev–Trinajstić information content (AvgIpc) is 3.13. The SMILES string of the molecule is CCNC(=O)c1ccc(CNC(=NC)NCCc2c[nH]c3cc(F)ccc23)cc1.I. The minimum absolute atomic E-state index is 0. The Labute approximate surface area is 192 Å². The summed E-state index contributed by atoms with van der Waals surface area (Å²) in [5, 5.41) is 10.4. The zero-order valence-corrected chi connectivity index (χ0v) is 19.4. The number of guanidine groups is 1. The van der Waals surface area contributed by atoms with E-state index in [2.05, 4.69) is 25.9 Å². The molecule has 0 radical (unpaired) electrons. The average molecular weight is 523 g/mol. The largest absolute Gasteiger partial charge is 0.361 e. The molecule has 0 aliphatic heterocycles. The van der Waals surface area contributed by atoms with Crippen LogP contribution in [0.4, 0.5) is 4.39 Å². The third-order valence-electron chi connectivity index (χ3n) is 4.65. The lowest BCUT2D eigenvalue weighted by Crippen LogP contribution is -2.37. The van der Waals surface area contributed by atoms with Gasteiger partial charge < -0.3 is 20.9 Å². The minimum Gasteiger partial charge on any atom is -0.361 e. The van der Waals surface area contributed by atoms with Crippen molar-refractivity contribution in [2.24, 2.45) is 4.99 Å². The molecule has 3 aromatic rings. The van der Waals surface area contributed by atoms with E-state index in [1.54, 1.807) is 13.1 Å². The Morgan fingerprint density at radius 2 is 1.87 bits per heavy atom. The standard InChI is InChI=1S/C22H26FN5O.HI/c1-3-25-21(29)16-6-4-15(5-7-16)13-28-22(24-2)26-11-10-17-14-27-20-12-18(23)8-9-19(17)20;/h4-9,12,14,27H,3,10-11,13H2,1-2H3,(H,25,29)(H2,24,26,28);1H. The van der Waals surface area contributed by atoms with Gasteiger partial charge in [-0.1, -0.05) is 12.1 Å². The lowest BCUT2D eigenvalue weighted by atomic mass is 10.1. The summed E-state index contributed by atoms with van der Waals surface area (Å²) in [5.74, 6) is 0.390. The number of benzene rings is 2. The topological polar surface area (TPSA) is 81.3 Å². The van der Waals surface area contributed by atoms with Gasteiger partial charge in [0.05, 0.1) is 0 Å². The molecule has 1 aromatic heterocycles. The van der Waals surface area contributed by atoms with E-state index < -0.39 is 0 Å². The van der Waals surface area contributed by atoms with Gasteiger partial charge in [0.15, 0.2) is 5.96 Å². The van der Waals surface area contributed by atoms with Gasteiger partial charge >= 0.3 is 0 Å². The van der Waals surface area contributed by atoms with E-state index in [-0.39, 0.29) is 35.7 Å². The number of nitrogens with one attached hydrogen (secondary N) is 4. The number of fused-ring (bicyclic) bond motifs is 1. The number of rotatable bonds is 7. The molecule has 1 heterocycles. The van der Waals surface area contributed by atoms with Gasteiger partial charge in [0, 0.05) is 49.3 Å². The van der Waals surface area contributed by atoms with Gasteiger partial charge in [-0.3, -0.25) is 9.79 Å². The molecule has 0 atom stereocenters. The first kappa shape index (κ1) is 23.7. The van der Waals surface area contributed by atoms with Crippen LogP contribution >= 0.6 is 24.0 Å². The predicted molar refractivity (Wildman–Crippen MR) is 130 cm³/mol. The van der Waals surface area contributed by atoms with Gasteiger partial charge in [-0.2, -0.15) is 0 Å². The molecule has 0 aliphatic rings. The molecule has 2 aromatic carbocycles. The molecule has 1 amide bonds. The molecule has 0 saturated heterocycles. The van der Waals surface area contributed by atoms with Crippen molar-refractivity contribution >= 4 is 46.7 Å². The molecule has 6 nitrogen and oxygen atoms in total. The summed E-state index contributed by atoms with van der Waals surface area (Å²) in [6, 6.07) is 12.3. The Morgan fingerprint density at radius 3 is 2.57 bits per heavy atom. The third-order valence-corrected chi connectivity index (χ3v) is 4.65. The molecule has 30 heavy (non-hydrogen) atoms. The van der Waals surface area contributed by atoms with Crippen molar-refractivity contribution in [1.82, 2.24) is 20.9 Å². The molecule has 160 valence electrons. The number of halogens is 2. The van der Waals surface area contributed by atoms with Crippen LogP contribution in [0.1, 0.15) is 28.4 Å². The van der Waals surface area contributed by atoms with Crippen LogP contribution in [0.25, 0.3) is 10.9 Å². The van der Waals surface area contributed by atoms with E-state index >= 15 is 0 Å². The number of aliphatic imine (C=N–C) groups is 1.